The zero-order valence-corrected chi connectivity index (χ0v) is 7.37. The molecule has 0 atom stereocenters. The van der Waals surface area contributed by atoms with Crippen molar-refractivity contribution in [1.29, 1.82) is 0 Å². The fraction of sp³-hybridized carbons (Fsp3) is 0.111. The van der Waals surface area contributed by atoms with Gasteiger partial charge in [0.1, 0.15) is 11.5 Å². The van der Waals surface area contributed by atoms with Crippen LogP contribution in [0, 0.1) is 15.9 Å². The minimum absolute atomic E-state index is 0.145. The molecule has 0 saturated heterocycles. The number of anilines is 1. The molecule has 0 spiro atoms. The van der Waals surface area contributed by atoms with Crippen LogP contribution in [0.4, 0.5) is 15.8 Å². The monoisotopic (exact) mass is 196 g/mol. The second-order valence-electron chi connectivity index (χ2n) is 2.59. The van der Waals surface area contributed by atoms with Crippen LogP contribution < -0.4 is 5.32 Å². The van der Waals surface area contributed by atoms with E-state index < -0.39 is 10.7 Å². The summed E-state index contributed by atoms with van der Waals surface area (Å²) in [4.78, 5) is 9.95. The van der Waals surface area contributed by atoms with Gasteiger partial charge in [0.25, 0.3) is 5.69 Å². The third-order valence-corrected chi connectivity index (χ3v) is 1.59. The molecule has 0 aliphatic carbocycles. The molecule has 5 heteroatoms. The summed E-state index contributed by atoms with van der Waals surface area (Å²) in [5, 5.41) is 13.2. The van der Waals surface area contributed by atoms with Crippen LogP contribution in [0.5, 0.6) is 0 Å². The molecule has 0 saturated carbocycles. The molecule has 14 heavy (non-hydrogen) atoms. The second-order valence-corrected chi connectivity index (χ2v) is 2.59. The van der Waals surface area contributed by atoms with Gasteiger partial charge in [-0.1, -0.05) is 6.08 Å². The summed E-state index contributed by atoms with van der Waals surface area (Å²) < 4.78 is 12.7. The topological polar surface area (TPSA) is 55.2 Å². The number of nitrogens with one attached hydrogen (secondary N) is 1. The number of nitro groups is 1. The molecule has 4 nitrogen and oxygen atoms in total. The number of hydrogen-bond acceptors (Lipinski definition) is 3. The summed E-state index contributed by atoms with van der Waals surface area (Å²) in [6.45, 7) is 3.80. The van der Waals surface area contributed by atoms with E-state index in [0.29, 0.717) is 6.54 Å². The number of benzene rings is 1. The molecule has 0 amide bonds. The van der Waals surface area contributed by atoms with Gasteiger partial charge < -0.3 is 5.32 Å². The third-order valence-electron chi connectivity index (χ3n) is 1.59. The van der Waals surface area contributed by atoms with Gasteiger partial charge in [0.2, 0.25) is 0 Å². The molecule has 0 unspecified atom stereocenters. The van der Waals surface area contributed by atoms with Crippen molar-refractivity contribution in [2.45, 2.75) is 0 Å². The molecular weight excluding hydrogens is 187 g/mol. The van der Waals surface area contributed by atoms with Crippen molar-refractivity contribution >= 4 is 11.4 Å². The zero-order chi connectivity index (χ0) is 10.6. The summed E-state index contributed by atoms with van der Waals surface area (Å²) in [7, 11) is 0. The van der Waals surface area contributed by atoms with Crippen molar-refractivity contribution in [3.63, 3.8) is 0 Å². The smallest absolute Gasteiger partial charge is 0.292 e. The molecule has 0 fully saturated rings. The summed E-state index contributed by atoms with van der Waals surface area (Å²) in [5.74, 6) is -0.512. The first-order valence-corrected chi connectivity index (χ1v) is 3.94. The fourth-order valence-electron chi connectivity index (χ4n) is 0.991. The Hall–Kier alpha value is -1.91. The Morgan fingerprint density at radius 1 is 1.64 bits per heavy atom. The summed E-state index contributed by atoms with van der Waals surface area (Å²) in [6, 6.07) is 3.26. The van der Waals surface area contributed by atoms with Gasteiger partial charge in [0.05, 0.1) is 4.92 Å². The van der Waals surface area contributed by atoms with Crippen LogP contribution in [0.15, 0.2) is 30.9 Å². The lowest BCUT2D eigenvalue weighted by Crippen LogP contribution is -2.02. The highest BCUT2D eigenvalue weighted by atomic mass is 19.1. The van der Waals surface area contributed by atoms with E-state index in [1.807, 2.05) is 0 Å². The molecule has 1 rings (SSSR count). The lowest BCUT2D eigenvalue weighted by atomic mass is 10.2. The minimum atomic E-state index is -0.565. The van der Waals surface area contributed by atoms with Crippen molar-refractivity contribution < 1.29 is 9.31 Å². The number of rotatable bonds is 4. The lowest BCUT2D eigenvalue weighted by Gasteiger charge is -2.03. The number of halogens is 1. The molecule has 1 aromatic carbocycles. The summed E-state index contributed by atoms with van der Waals surface area (Å²) in [6.07, 6.45) is 1.54. The van der Waals surface area contributed by atoms with Gasteiger partial charge >= 0.3 is 0 Å². The quantitative estimate of drug-likeness (QED) is 0.456. The van der Waals surface area contributed by atoms with E-state index in [-0.39, 0.29) is 11.4 Å². The van der Waals surface area contributed by atoms with Crippen LogP contribution >= 0.6 is 0 Å². The molecule has 1 N–H and O–H groups in total. The van der Waals surface area contributed by atoms with E-state index in [9.17, 15) is 14.5 Å². The minimum Gasteiger partial charge on any atom is -0.376 e. The van der Waals surface area contributed by atoms with E-state index in [2.05, 4.69) is 11.9 Å². The average Bonchev–Trinajstić information content (AvgIpc) is 2.14. The number of hydrogen-bond donors (Lipinski definition) is 1. The van der Waals surface area contributed by atoms with Crippen molar-refractivity contribution in [3.05, 3.63) is 46.8 Å². The Kier molecular flexibility index (Phi) is 3.17. The Labute approximate surface area is 80.2 Å². The van der Waals surface area contributed by atoms with E-state index in [1.54, 1.807) is 0 Å². The molecule has 0 heterocycles. The highest BCUT2D eigenvalue weighted by Gasteiger charge is 2.13. The van der Waals surface area contributed by atoms with E-state index >= 15 is 0 Å². The Morgan fingerprint density at radius 2 is 2.36 bits per heavy atom. The Bertz CT molecular complexity index is 366. The largest absolute Gasteiger partial charge is 0.376 e. The fourth-order valence-corrected chi connectivity index (χ4v) is 0.991. The van der Waals surface area contributed by atoms with Crippen molar-refractivity contribution in [2.24, 2.45) is 0 Å². The van der Waals surface area contributed by atoms with Gasteiger partial charge in [0.15, 0.2) is 0 Å². The van der Waals surface area contributed by atoms with E-state index in [4.69, 9.17) is 0 Å². The molecule has 0 aromatic heterocycles. The van der Waals surface area contributed by atoms with Crippen LogP contribution in [-0.4, -0.2) is 11.5 Å². The Balaban J connectivity index is 3.02. The van der Waals surface area contributed by atoms with Gasteiger partial charge in [-0.2, -0.15) is 0 Å². The summed E-state index contributed by atoms with van der Waals surface area (Å²) in [5.41, 5.74) is 0.0168. The van der Waals surface area contributed by atoms with Crippen molar-refractivity contribution in [2.75, 3.05) is 11.9 Å². The van der Waals surface area contributed by atoms with Gasteiger partial charge in [-0.3, -0.25) is 10.1 Å². The van der Waals surface area contributed by atoms with E-state index in [0.717, 1.165) is 18.2 Å². The first-order chi connectivity index (χ1) is 6.65. The highest BCUT2D eigenvalue weighted by molar-refractivity contribution is 5.61. The Morgan fingerprint density at radius 3 is 2.93 bits per heavy atom. The van der Waals surface area contributed by atoms with Crippen molar-refractivity contribution in [1.82, 2.24) is 0 Å². The SMILES string of the molecule is C=CCNc1cc(F)ccc1[N+](=O)[O-]. The molecule has 0 aliphatic heterocycles. The maximum atomic E-state index is 12.7. The number of nitro benzene ring substituents is 1. The molecule has 0 bridgehead atoms. The van der Waals surface area contributed by atoms with Crippen LogP contribution in [0.2, 0.25) is 0 Å². The number of nitrogens with zero attached hydrogens (tertiary/aromatic N) is 1. The normalized spacial score (nSPS) is 9.50. The lowest BCUT2D eigenvalue weighted by molar-refractivity contribution is -0.384. The van der Waals surface area contributed by atoms with Crippen LogP contribution in [0.3, 0.4) is 0 Å². The second kappa shape index (κ2) is 4.36. The first kappa shape index (κ1) is 10.2. The van der Waals surface area contributed by atoms with Gasteiger partial charge in [-0.15, -0.1) is 6.58 Å². The van der Waals surface area contributed by atoms with Crippen molar-refractivity contribution in [3.8, 4) is 0 Å². The highest BCUT2D eigenvalue weighted by Crippen LogP contribution is 2.24. The molecule has 1 aromatic rings. The predicted molar refractivity (Wildman–Crippen MR) is 51.7 cm³/mol. The maximum Gasteiger partial charge on any atom is 0.292 e. The molecular formula is C9H9FN2O2. The molecule has 74 valence electrons. The van der Waals surface area contributed by atoms with Gasteiger partial charge in [-0.05, 0) is 6.07 Å². The average molecular weight is 196 g/mol. The molecule has 0 aliphatic rings. The summed E-state index contributed by atoms with van der Waals surface area (Å²) >= 11 is 0. The first-order valence-electron chi connectivity index (χ1n) is 3.94. The molecule has 0 radical (unpaired) electrons. The van der Waals surface area contributed by atoms with E-state index in [1.165, 1.54) is 6.08 Å². The standard InChI is InChI=1S/C9H9FN2O2/c1-2-5-11-8-6-7(10)3-4-9(8)12(13)14/h2-4,6,11H,1,5H2. The van der Waals surface area contributed by atoms with Gasteiger partial charge in [0, 0.05) is 18.7 Å². The third kappa shape index (κ3) is 2.29. The maximum absolute atomic E-state index is 12.7. The van der Waals surface area contributed by atoms with Crippen LogP contribution in [0.1, 0.15) is 0 Å². The van der Waals surface area contributed by atoms with Crippen LogP contribution in [0.25, 0.3) is 0 Å². The predicted octanol–water partition coefficient (Wildman–Crippen LogP) is 2.33. The van der Waals surface area contributed by atoms with Crippen LogP contribution in [-0.2, 0) is 0 Å². The zero-order valence-electron chi connectivity index (χ0n) is 7.37. The van der Waals surface area contributed by atoms with Gasteiger partial charge in [-0.25, -0.2) is 4.39 Å².